The van der Waals surface area contributed by atoms with Crippen LogP contribution in [0.4, 0.5) is 0 Å². The first kappa shape index (κ1) is 27.9. The van der Waals surface area contributed by atoms with Crippen molar-refractivity contribution in [2.75, 3.05) is 0 Å². The van der Waals surface area contributed by atoms with E-state index in [9.17, 15) is 0 Å². The van der Waals surface area contributed by atoms with Crippen LogP contribution in [-0.2, 0) is 0 Å². The maximum Gasteiger partial charge on any atom is 0.246 e. The second-order valence-corrected chi connectivity index (χ2v) is 12.9. The molecule has 0 saturated carbocycles. The topological polar surface area (TPSA) is 61.7 Å². The first-order valence-corrected chi connectivity index (χ1v) is 17.0. The predicted molar refractivity (Wildman–Crippen MR) is 207 cm³/mol. The Hall–Kier alpha value is -7.05. The van der Waals surface area contributed by atoms with E-state index in [2.05, 4.69) is 142 Å². The van der Waals surface area contributed by atoms with E-state index in [1.54, 1.807) is 0 Å². The average molecular weight is 654 g/mol. The minimum atomic E-state index is 0.502. The minimum Gasteiger partial charge on any atom is -0.435 e. The van der Waals surface area contributed by atoms with Crippen LogP contribution in [0, 0.1) is 0 Å². The molecule has 0 aliphatic heterocycles. The third kappa shape index (κ3) is 4.20. The second-order valence-electron chi connectivity index (χ2n) is 12.9. The normalized spacial score (nSPS) is 11.9. The van der Waals surface area contributed by atoms with Crippen LogP contribution >= 0.6 is 0 Å². The molecule has 6 heteroatoms. The second kappa shape index (κ2) is 10.7. The van der Waals surface area contributed by atoms with Crippen molar-refractivity contribution in [1.29, 1.82) is 0 Å². The lowest BCUT2D eigenvalue weighted by molar-refractivity contribution is 0.617. The van der Waals surface area contributed by atoms with Crippen molar-refractivity contribution in [2.24, 2.45) is 0 Å². The van der Waals surface area contributed by atoms with Crippen LogP contribution < -0.4 is 0 Å². The fraction of sp³-hybridized carbons (Fsp3) is 0. The number of hydrogen-bond donors (Lipinski definition) is 0. The van der Waals surface area contributed by atoms with E-state index in [-0.39, 0.29) is 0 Å². The molecular weight excluding hydrogens is 627 g/mol. The summed E-state index contributed by atoms with van der Waals surface area (Å²) in [6.45, 7) is 0. The van der Waals surface area contributed by atoms with Crippen LogP contribution in [0.1, 0.15) is 0 Å². The van der Waals surface area contributed by atoms with Crippen LogP contribution in [0.3, 0.4) is 0 Å². The summed E-state index contributed by atoms with van der Waals surface area (Å²) >= 11 is 0. The lowest BCUT2D eigenvalue weighted by Crippen LogP contribution is -2.00. The molecule has 0 radical (unpaired) electrons. The van der Waals surface area contributed by atoms with Gasteiger partial charge in [0.15, 0.2) is 5.58 Å². The van der Waals surface area contributed by atoms with Gasteiger partial charge in [-0.05, 0) is 72.3 Å². The van der Waals surface area contributed by atoms with E-state index >= 15 is 0 Å². The molecule has 6 aromatic carbocycles. The van der Waals surface area contributed by atoms with E-state index < -0.39 is 0 Å². The van der Waals surface area contributed by atoms with Crippen molar-refractivity contribution in [1.82, 2.24) is 24.1 Å². The molecule has 238 valence electrons. The molecule has 0 fully saturated rings. The van der Waals surface area contributed by atoms with Gasteiger partial charge in [-0.2, -0.15) is 0 Å². The van der Waals surface area contributed by atoms with Crippen LogP contribution in [0.2, 0.25) is 0 Å². The molecular formula is C45H27N5O. The zero-order chi connectivity index (χ0) is 33.5. The summed E-state index contributed by atoms with van der Waals surface area (Å²) in [6.07, 6.45) is 1.92. The smallest absolute Gasteiger partial charge is 0.246 e. The lowest BCUT2D eigenvalue weighted by atomic mass is 10.0. The molecule has 5 aromatic heterocycles. The number of pyridine rings is 2. The number of oxazole rings is 1. The molecule has 0 saturated heterocycles. The highest BCUT2D eigenvalue weighted by Crippen LogP contribution is 2.38. The maximum atomic E-state index is 6.06. The zero-order valence-electron chi connectivity index (χ0n) is 27.2. The maximum absolute atomic E-state index is 6.06. The third-order valence-electron chi connectivity index (χ3n) is 10.0. The summed E-state index contributed by atoms with van der Waals surface area (Å²) in [5, 5.41) is 5.89. The molecule has 0 spiro atoms. The Balaban J connectivity index is 1.16. The van der Waals surface area contributed by atoms with Crippen molar-refractivity contribution < 1.29 is 4.42 Å². The Labute approximate surface area is 291 Å². The number of aromatic nitrogens is 5. The Morgan fingerprint density at radius 2 is 1.04 bits per heavy atom. The van der Waals surface area contributed by atoms with Crippen molar-refractivity contribution in [2.45, 2.75) is 0 Å². The number of nitrogens with zero attached hydrogens (tertiary/aromatic N) is 5. The lowest BCUT2D eigenvalue weighted by Gasteiger charge is -2.15. The summed E-state index contributed by atoms with van der Waals surface area (Å²) in [4.78, 5) is 14.9. The van der Waals surface area contributed by atoms with Gasteiger partial charge < -0.3 is 8.98 Å². The van der Waals surface area contributed by atoms with Gasteiger partial charge in [-0.15, -0.1) is 0 Å². The molecule has 0 unspecified atom stereocenters. The van der Waals surface area contributed by atoms with Gasteiger partial charge in [-0.1, -0.05) is 91.0 Å². The molecule has 0 aliphatic rings. The van der Waals surface area contributed by atoms with Crippen LogP contribution in [0.15, 0.2) is 168 Å². The first-order chi connectivity index (χ1) is 25.3. The van der Waals surface area contributed by atoms with Crippen molar-refractivity contribution in [3.63, 3.8) is 0 Å². The molecule has 0 aliphatic carbocycles. The van der Waals surface area contributed by atoms with Gasteiger partial charge in [0.25, 0.3) is 0 Å². The van der Waals surface area contributed by atoms with E-state index in [1.807, 2.05) is 36.5 Å². The Kier molecular flexibility index (Phi) is 5.86. The monoisotopic (exact) mass is 653 g/mol. The van der Waals surface area contributed by atoms with E-state index in [4.69, 9.17) is 14.4 Å². The van der Waals surface area contributed by atoms with Crippen LogP contribution in [0.5, 0.6) is 0 Å². The summed E-state index contributed by atoms with van der Waals surface area (Å²) in [5.41, 5.74) is 10.8. The highest BCUT2D eigenvalue weighted by Gasteiger charge is 2.18. The van der Waals surface area contributed by atoms with Gasteiger partial charge in [-0.3, -0.25) is 9.55 Å². The van der Waals surface area contributed by atoms with Crippen LogP contribution in [-0.4, -0.2) is 24.1 Å². The number of para-hydroxylation sites is 6. The van der Waals surface area contributed by atoms with E-state index in [1.165, 1.54) is 32.6 Å². The molecule has 11 rings (SSSR count). The average Bonchev–Trinajstić information content (AvgIpc) is 3.88. The third-order valence-corrected chi connectivity index (χ3v) is 10.0. The molecule has 0 N–H and O–H groups in total. The summed E-state index contributed by atoms with van der Waals surface area (Å²) < 4.78 is 10.7. The minimum absolute atomic E-state index is 0.502. The van der Waals surface area contributed by atoms with E-state index in [0.717, 1.165) is 55.7 Å². The van der Waals surface area contributed by atoms with Gasteiger partial charge in [0.2, 0.25) is 5.89 Å². The molecule has 0 bridgehead atoms. The first-order valence-electron chi connectivity index (χ1n) is 17.0. The molecule has 6 nitrogen and oxygen atoms in total. The number of fused-ring (bicyclic) bond motifs is 8. The molecule has 11 aromatic rings. The summed E-state index contributed by atoms with van der Waals surface area (Å²) in [7, 11) is 0. The Morgan fingerprint density at radius 1 is 0.451 bits per heavy atom. The quantitative estimate of drug-likeness (QED) is 0.190. The van der Waals surface area contributed by atoms with Crippen molar-refractivity contribution >= 4 is 65.6 Å². The SMILES string of the molecule is c1ccc2oc(-c3ccc(-c4cc(-n5c6ccccc6c6ccccc65)nc5ccc(-n6c7ccccc7c7ccccc76)cc45)cn3)nc2c1. The molecule has 5 heterocycles. The van der Waals surface area contributed by atoms with Gasteiger partial charge in [0.1, 0.15) is 17.0 Å². The van der Waals surface area contributed by atoms with Crippen molar-refractivity contribution in [3.05, 3.63) is 164 Å². The Morgan fingerprint density at radius 3 is 1.65 bits per heavy atom. The fourth-order valence-corrected chi connectivity index (χ4v) is 7.72. The van der Waals surface area contributed by atoms with Crippen molar-refractivity contribution in [3.8, 4) is 34.2 Å². The van der Waals surface area contributed by atoms with Gasteiger partial charge in [0.05, 0.1) is 27.6 Å². The van der Waals surface area contributed by atoms with Crippen LogP contribution in [0.25, 0.3) is 99.8 Å². The largest absolute Gasteiger partial charge is 0.435 e. The predicted octanol–water partition coefficient (Wildman–Crippen LogP) is 11.3. The molecule has 0 atom stereocenters. The van der Waals surface area contributed by atoms with Gasteiger partial charge in [0, 0.05) is 44.4 Å². The Bertz CT molecular complexity index is 3010. The summed E-state index contributed by atoms with van der Waals surface area (Å²) in [6, 6.07) is 55.0. The highest BCUT2D eigenvalue weighted by atomic mass is 16.3. The van der Waals surface area contributed by atoms with Gasteiger partial charge >= 0.3 is 0 Å². The summed E-state index contributed by atoms with van der Waals surface area (Å²) in [5.74, 6) is 1.35. The number of hydrogen-bond acceptors (Lipinski definition) is 4. The standard InChI is InChI=1S/C45H27N5O/c1-6-16-39-30(11-1)31-12-2-7-17-40(31)49(39)29-22-24-36-35(25-29)34(28-21-23-38(46-27-28)45-48-37-15-5-10-20-43(37)51-45)26-44(47-36)50-41-18-8-3-13-32(41)33-14-4-9-19-42(33)50/h1-27H. The highest BCUT2D eigenvalue weighted by molar-refractivity contribution is 6.11. The molecule has 0 amide bonds. The van der Waals surface area contributed by atoms with Gasteiger partial charge in [-0.25, -0.2) is 9.97 Å². The molecule has 51 heavy (non-hydrogen) atoms. The zero-order valence-corrected chi connectivity index (χ0v) is 27.2. The number of benzene rings is 6. The number of rotatable bonds is 4. The van der Waals surface area contributed by atoms with E-state index in [0.29, 0.717) is 11.6 Å². The fourth-order valence-electron chi connectivity index (χ4n) is 7.72.